The van der Waals surface area contributed by atoms with Gasteiger partial charge >= 0.3 is 0 Å². The number of nitrogens with one attached hydrogen (secondary N) is 1. The van der Waals surface area contributed by atoms with E-state index in [-0.39, 0.29) is 11.5 Å². The van der Waals surface area contributed by atoms with Crippen LogP contribution < -0.4 is 10.1 Å². The SMILES string of the molecule is COc1ccc2c(c1)C1(CCNCC1)CC2O. The van der Waals surface area contributed by atoms with Gasteiger partial charge in [0.1, 0.15) is 5.75 Å². The lowest BCUT2D eigenvalue weighted by atomic mass is 9.74. The second-order valence-corrected chi connectivity index (χ2v) is 5.20. The van der Waals surface area contributed by atoms with Gasteiger partial charge in [-0.05, 0) is 55.6 Å². The fourth-order valence-corrected chi connectivity index (χ4v) is 3.38. The smallest absolute Gasteiger partial charge is 0.119 e. The molecule has 1 spiro atoms. The number of hydrogen-bond donors (Lipinski definition) is 2. The number of aliphatic hydroxyl groups is 1. The number of fused-ring (bicyclic) bond motifs is 2. The molecule has 2 N–H and O–H groups in total. The summed E-state index contributed by atoms with van der Waals surface area (Å²) in [5.41, 5.74) is 2.59. The topological polar surface area (TPSA) is 41.5 Å². The van der Waals surface area contributed by atoms with Crippen LogP contribution in [0.4, 0.5) is 0 Å². The molecule has 0 bridgehead atoms. The molecule has 2 aliphatic rings. The third kappa shape index (κ3) is 1.65. The van der Waals surface area contributed by atoms with Crippen LogP contribution in [-0.2, 0) is 5.41 Å². The Morgan fingerprint density at radius 3 is 2.82 bits per heavy atom. The molecule has 1 unspecified atom stereocenters. The van der Waals surface area contributed by atoms with Crippen LogP contribution in [0.25, 0.3) is 0 Å². The molecule has 0 amide bonds. The predicted octanol–water partition coefficient (Wildman–Crippen LogP) is 1.75. The van der Waals surface area contributed by atoms with E-state index in [2.05, 4.69) is 11.4 Å². The lowest BCUT2D eigenvalue weighted by Gasteiger charge is -2.35. The van der Waals surface area contributed by atoms with Crippen molar-refractivity contribution in [1.29, 1.82) is 0 Å². The minimum absolute atomic E-state index is 0.175. The normalized spacial score (nSPS) is 25.9. The summed E-state index contributed by atoms with van der Waals surface area (Å²) in [6.07, 6.45) is 2.81. The van der Waals surface area contributed by atoms with Crippen molar-refractivity contribution < 1.29 is 9.84 Å². The molecular formula is C14H19NO2. The van der Waals surface area contributed by atoms with E-state index in [0.29, 0.717) is 0 Å². The lowest BCUT2D eigenvalue weighted by Crippen LogP contribution is -2.38. The molecule has 1 aromatic rings. The minimum atomic E-state index is -0.297. The maximum Gasteiger partial charge on any atom is 0.119 e. The number of benzene rings is 1. The molecule has 1 aliphatic carbocycles. The molecule has 1 atom stereocenters. The summed E-state index contributed by atoms with van der Waals surface area (Å²) in [6, 6.07) is 6.09. The molecule has 1 fully saturated rings. The van der Waals surface area contributed by atoms with Gasteiger partial charge in [-0.15, -0.1) is 0 Å². The summed E-state index contributed by atoms with van der Waals surface area (Å²) >= 11 is 0. The molecule has 1 saturated heterocycles. The van der Waals surface area contributed by atoms with Crippen molar-refractivity contribution in [2.24, 2.45) is 0 Å². The van der Waals surface area contributed by atoms with E-state index in [1.165, 1.54) is 5.56 Å². The molecule has 17 heavy (non-hydrogen) atoms. The first-order chi connectivity index (χ1) is 8.25. The number of piperidine rings is 1. The monoisotopic (exact) mass is 233 g/mol. The Balaban J connectivity index is 2.06. The van der Waals surface area contributed by atoms with Gasteiger partial charge in [-0.1, -0.05) is 6.07 Å². The fraction of sp³-hybridized carbons (Fsp3) is 0.571. The van der Waals surface area contributed by atoms with Crippen molar-refractivity contribution in [2.75, 3.05) is 20.2 Å². The highest BCUT2D eigenvalue weighted by Crippen LogP contribution is 2.50. The van der Waals surface area contributed by atoms with Crippen LogP contribution in [0.2, 0.25) is 0 Å². The van der Waals surface area contributed by atoms with Gasteiger partial charge in [-0.2, -0.15) is 0 Å². The number of methoxy groups -OCH3 is 1. The minimum Gasteiger partial charge on any atom is -0.497 e. The van der Waals surface area contributed by atoms with Gasteiger partial charge < -0.3 is 15.2 Å². The second kappa shape index (κ2) is 4.00. The van der Waals surface area contributed by atoms with Gasteiger partial charge in [0.2, 0.25) is 0 Å². The second-order valence-electron chi connectivity index (χ2n) is 5.20. The summed E-state index contributed by atoms with van der Waals surface area (Å²) in [4.78, 5) is 0. The van der Waals surface area contributed by atoms with Crippen molar-refractivity contribution in [1.82, 2.24) is 5.32 Å². The summed E-state index contributed by atoms with van der Waals surface area (Å²) in [5, 5.41) is 13.6. The highest BCUT2D eigenvalue weighted by molar-refractivity contribution is 5.46. The molecule has 0 saturated carbocycles. The molecule has 3 nitrogen and oxygen atoms in total. The van der Waals surface area contributed by atoms with Crippen molar-refractivity contribution in [3.05, 3.63) is 29.3 Å². The maximum absolute atomic E-state index is 10.2. The number of rotatable bonds is 1. The van der Waals surface area contributed by atoms with Gasteiger partial charge in [-0.3, -0.25) is 0 Å². The van der Waals surface area contributed by atoms with Gasteiger partial charge in [0.05, 0.1) is 13.2 Å². The fourth-order valence-electron chi connectivity index (χ4n) is 3.38. The van der Waals surface area contributed by atoms with E-state index < -0.39 is 0 Å². The Labute approximate surface area is 102 Å². The van der Waals surface area contributed by atoms with E-state index in [4.69, 9.17) is 4.74 Å². The Morgan fingerprint density at radius 2 is 2.12 bits per heavy atom. The molecule has 3 heteroatoms. The van der Waals surface area contributed by atoms with E-state index in [1.54, 1.807) is 7.11 Å². The van der Waals surface area contributed by atoms with Crippen molar-refractivity contribution in [2.45, 2.75) is 30.8 Å². The predicted molar refractivity (Wildman–Crippen MR) is 66.4 cm³/mol. The van der Waals surface area contributed by atoms with Gasteiger partial charge in [0, 0.05) is 5.41 Å². The molecular weight excluding hydrogens is 214 g/mol. The van der Waals surface area contributed by atoms with Crippen molar-refractivity contribution in [3.63, 3.8) is 0 Å². The quantitative estimate of drug-likeness (QED) is 0.776. The van der Waals surface area contributed by atoms with Crippen LogP contribution in [0.5, 0.6) is 5.75 Å². The number of aliphatic hydroxyl groups excluding tert-OH is 1. The van der Waals surface area contributed by atoms with E-state index in [0.717, 1.165) is 43.7 Å². The Hall–Kier alpha value is -1.06. The zero-order valence-electron chi connectivity index (χ0n) is 10.2. The van der Waals surface area contributed by atoms with Crippen LogP contribution in [0.3, 0.4) is 0 Å². The van der Waals surface area contributed by atoms with E-state index in [1.807, 2.05) is 12.1 Å². The number of ether oxygens (including phenoxy) is 1. The molecule has 1 aromatic carbocycles. The standard InChI is InChI=1S/C14H19NO2/c1-17-10-2-3-11-12(8-10)14(9-13(11)16)4-6-15-7-5-14/h2-3,8,13,15-16H,4-7,9H2,1H3. The third-order valence-electron chi connectivity index (χ3n) is 4.34. The van der Waals surface area contributed by atoms with Crippen molar-refractivity contribution >= 4 is 0 Å². The first kappa shape index (κ1) is 11.1. The van der Waals surface area contributed by atoms with Gasteiger partial charge in [0.15, 0.2) is 0 Å². The Kier molecular flexibility index (Phi) is 2.60. The molecule has 0 radical (unpaired) electrons. The Bertz CT molecular complexity index is 424. The lowest BCUT2D eigenvalue weighted by molar-refractivity contribution is 0.142. The van der Waals surface area contributed by atoms with Crippen LogP contribution in [0.15, 0.2) is 18.2 Å². The van der Waals surface area contributed by atoms with Crippen LogP contribution in [0, 0.1) is 0 Å². The van der Waals surface area contributed by atoms with Gasteiger partial charge in [-0.25, -0.2) is 0 Å². The number of hydrogen-bond acceptors (Lipinski definition) is 3. The summed E-state index contributed by atoms with van der Waals surface area (Å²) in [7, 11) is 1.70. The zero-order valence-corrected chi connectivity index (χ0v) is 10.2. The van der Waals surface area contributed by atoms with Crippen LogP contribution in [-0.4, -0.2) is 25.3 Å². The van der Waals surface area contributed by atoms with Crippen molar-refractivity contribution in [3.8, 4) is 5.75 Å². The molecule has 1 aliphatic heterocycles. The Morgan fingerprint density at radius 1 is 1.35 bits per heavy atom. The van der Waals surface area contributed by atoms with Gasteiger partial charge in [0.25, 0.3) is 0 Å². The highest BCUT2D eigenvalue weighted by Gasteiger charge is 2.43. The average Bonchev–Trinajstić information content (AvgIpc) is 2.63. The first-order valence-electron chi connectivity index (χ1n) is 6.32. The largest absolute Gasteiger partial charge is 0.497 e. The first-order valence-corrected chi connectivity index (χ1v) is 6.32. The zero-order chi connectivity index (χ0) is 11.9. The molecule has 1 heterocycles. The van der Waals surface area contributed by atoms with Crippen LogP contribution >= 0.6 is 0 Å². The molecule has 3 rings (SSSR count). The average molecular weight is 233 g/mol. The maximum atomic E-state index is 10.2. The van der Waals surface area contributed by atoms with E-state index in [9.17, 15) is 5.11 Å². The molecule has 0 aromatic heterocycles. The van der Waals surface area contributed by atoms with E-state index >= 15 is 0 Å². The summed E-state index contributed by atoms with van der Waals surface area (Å²) < 4.78 is 5.31. The summed E-state index contributed by atoms with van der Waals surface area (Å²) in [6.45, 7) is 2.09. The third-order valence-corrected chi connectivity index (χ3v) is 4.34. The summed E-state index contributed by atoms with van der Waals surface area (Å²) in [5.74, 6) is 0.899. The molecule has 92 valence electrons. The highest BCUT2D eigenvalue weighted by atomic mass is 16.5. The van der Waals surface area contributed by atoms with Crippen LogP contribution in [0.1, 0.15) is 36.5 Å².